The Kier molecular flexibility index (Phi) is 3.22. The van der Waals surface area contributed by atoms with Crippen molar-refractivity contribution in [2.75, 3.05) is 5.33 Å². The van der Waals surface area contributed by atoms with E-state index in [-0.39, 0.29) is 18.0 Å². The van der Waals surface area contributed by atoms with Crippen LogP contribution in [0.25, 0.3) is 0 Å². The van der Waals surface area contributed by atoms with Crippen LogP contribution in [0.15, 0.2) is 0 Å². The van der Waals surface area contributed by atoms with E-state index in [1.165, 1.54) is 4.80 Å². The maximum Gasteiger partial charge on any atom is 0.234 e. The summed E-state index contributed by atoms with van der Waals surface area (Å²) in [6.07, 6.45) is 1.90. The first kappa shape index (κ1) is 11.5. The predicted octanol–water partition coefficient (Wildman–Crippen LogP) is 0.657. The van der Waals surface area contributed by atoms with E-state index >= 15 is 0 Å². The average molecular weight is 288 g/mol. The van der Waals surface area contributed by atoms with Crippen molar-refractivity contribution >= 4 is 21.8 Å². The topological polar surface area (TPSA) is 63.9 Å². The van der Waals surface area contributed by atoms with Crippen molar-refractivity contribution < 1.29 is 4.79 Å². The highest BCUT2D eigenvalue weighted by atomic mass is 79.9. The molecule has 1 aromatic rings. The van der Waals surface area contributed by atoms with Crippen molar-refractivity contribution in [1.82, 2.24) is 25.1 Å². The van der Waals surface area contributed by atoms with Gasteiger partial charge in [-0.1, -0.05) is 15.9 Å². The van der Waals surface area contributed by atoms with Crippen molar-refractivity contribution in [3.63, 3.8) is 0 Å². The largest absolute Gasteiger partial charge is 0.329 e. The Hall–Kier alpha value is -0.980. The lowest BCUT2D eigenvalue weighted by Gasteiger charge is -2.25. The molecule has 1 aliphatic rings. The second-order valence-electron chi connectivity index (χ2n) is 4.01. The van der Waals surface area contributed by atoms with Gasteiger partial charge in [-0.05, 0) is 25.0 Å². The van der Waals surface area contributed by atoms with E-state index < -0.39 is 0 Å². The van der Waals surface area contributed by atoms with Crippen molar-refractivity contribution in [3.05, 3.63) is 5.82 Å². The molecule has 1 saturated heterocycles. The summed E-state index contributed by atoms with van der Waals surface area (Å²) in [7, 11) is 1.73. The van der Waals surface area contributed by atoms with Crippen LogP contribution in [0.3, 0.4) is 0 Å². The average Bonchev–Trinajstić information content (AvgIpc) is 2.83. The van der Waals surface area contributed by atoms with E-state index in [1.807, 2.05) is 4.90 Å². The molecule has 2 heterocycles. The minimum atomic E-state index is -0.0197. The molecule has 88 valence electrons. The number of hydrogen-bond donors (Lipinski definition) is 0. The normalized spacial score (nSPS) is 25.1. The number of aromatic nitrogens is 4. The number of likely N-dealkylation sites (tertiary alicyclic amines) is 1. The molecule has 0 aliphatic carbocycles. The minimum Gasteiger partial charge on any atom is -0.329 e. The van der Waals surface area contributed by atoms with E-state index in [4.69, 9.17) is 0 Å². The summed E-state index contributed by atoms with van der Waals surface area (Å²) in [5.41, 5.74) is 0. The van der Waals surface area contributed by atoms with E-state index in [1.54, 1.807) is 7.05 Å². The standard InChI is InChI=1S/C9H14BrN5O/c1-6-3-4-7(15(6)8(16)5-10)9-11-13-14(2)12-9/h6-7H,3-5H2,1-2H3/t6-,7-/m1/s1. The molecule has 7 heteroatoms. The quantitative estimate of drug-likeness (QED) is 0.750. The molecule has 1 aliphatic heterocycles. The van der Waals surface area contributed by atoms with Gasteiger partial charge in [-0.2, -0.15) is 4.80 Å². The molecule has 1 fully saturated rings. The monoisotopic (exact) mass is 287 g/mol. The Bertz CT molecular complexity index is 393. The first-order valence-corrected chi connectivity index (χ1v) is 6.36. The summed E-state index contributed by atoms with van der Waals surface area (Å²) < 4.78 is 0. The Morgan fingerprint density at radius 1 is 1.56 bits per heavy atom. The molecular formula is C9H14BrN5O. The predicted molar refractivity (Wildman–Crippen MR) is 60.9 cm³/mol. The first-order chi connectivity index (χ1) is 7.63. The summed E-state index contributed by atoms with van der Waals surface area (Å²) in [5, 5.41) is 12.3. The Morgan fingerprint density at radius 2 is 2.31 bits per heavy atom. The molecule has 16 heavy (non-hydrogen) atoms. The number of hydrogen-bond acceptors (Lipinski definition) is 4. The Morgan fingerprint density at radius 3 is 2.88 bits per heavy atom. The van der Waals surface area contributed by atoms with Gasteiger partial charge in [0.25, 0.3) is 0 Å². The second kappa shape index (κ2) is 4.48. The van der Waals surface area contributed by atoms with Crippen molar-refractivity contribution in [3.8, 4) is 0 Å². The number of carbonyl (C=O) groups excluding carboxylic acids is 1. The van der Waals surface area contributed by atoms with Crippen LogP contribution in [-0.4, -0.2) is 42.4 Å². The van der Waals surface area contributed by atoms with Gasteiger partial charge in [0.05, 0.1) is 18.4 Å². The second-order valence-corrected chi connectivity index (χ2v) is 4.57. The molecule has 1 aromatic heterocycles. The van der Waals surface area contributed by atoms with Gasteiger partial charge < -0.3 is 4.90 Å². The van der Waals surface area contributed by atoms with E-state index in [0.29, 0.717) is 11.2 Å². The Labute approximate surface area is 102 Å². The highest BCUT2D eigenvalue weighted by Gasteiger charge is 2.37. The molecule has 2 rings (SSSR count). The summed E-state index contributed by atoms with van der Waals surface area (Å²) in [6.45, 7) is 2.05. The van der Waals surface area contributed by atoms with Gasteiger partial charge in [-0.3, -0.25) is 4.79 Å². The maximum atomic E-state index is 11.8. The van der Waals surface area contributed by atoms with E-state index in [9.17, 15) is 4.79 Å². The van der Waals surface area contributed by atoms with Crippen LogP contribution in [0.5, 0.6) is 0 Å². The number of tetrazole rings is 1. The number of aryl methyl sites for hydroxylation is 1. The molecule has 0 unspecified atom stereocenters. The van der Waals surface area contributed by atoms with Gasteiger partial charge in [-0.15, -0.1) is 10.2 Å². The lowest BCUT2D eigenvalue weighted by Crippen LogP contribution is -2.36. The molecule has 0 bridgehead atoms. The number of halogens is 1. The molecular weight excluding hydrogens is 274 g/mol. The van der Waals surface area contributed by atoms with Crippen LogP contribution in [0.1, 0.15) is 31.6 Å². The minimum absolute atomic E-state index is 0.0197. The summed E-state index contributed by atoms with van der Waals surface area (Å²) >= 11 is 3.20. The van der Waals surface area contributed by atoms with Crippen LogP contribution in [0.2, 0.25) is 0 Å². The lowest BCUT2D eigenvalue weighted by molar-refractivity contribution is -0.131. The number of rotatable bonds is 2. The van der Waals surface area contributed by atoms with E-state index in [0.717, 1.165) is 12.8 Å². The molecule has 0 spiro atoms. The van der Waals surface area contributed by atoms with Crippen LogP contribution in [0, 0.1) is 0 Å². The fourth-order valence-corrected chi connectivity index (χ4v) is 2.45. The van der Waals surface area contributed by atoms with E-state index in [2.05, 4.69) is 38.3 Å². The van der Waals surface area contributed by atoms with Gasteiger partial charge in [0.1, 0.15) is 0 Å². The zero-order valence-corrected chi connectivity index (χ0v) is 10.9. The summed E-state index contributed by atoms with van der Waals surface area (Å²) in [5.74, 6) is 0.726. The molecule has 0 aromatic carbocycles. The fourth-order valence-electron chi connectivity index (χ4n) is 2.16. The fraction of sp³-hybridized carbons (Fsp3) is 0.778. The molecule has 2 atom stereocenters. The third kappa shape index (κ3) is 1.95. The maximum absolute atomic E-state index is 11.8. The number of carbonyl (C=O) groups is 1. The first-order valence-electron chi connectivity index (χ1n) is 5.24. The molecule has 0 saturated carbocycles. The highest BCUT2D eigenvalue weighted by Crippen LogP contribution is 2.34. The van der Waals surface area contributed by atoms with Crippen molar-refractivity contribution in [1.29, 1.82) is 0 Å². The lowest BCUT2D eigenvalue weighted by atomic mass is 10.2. The smallest absolute Gasteiger partial charge is 0.234 e. The number of amides is 1. The zero-order chi connectivity index (χ0) is 11.7. The Balaban J connectivity index is 2.24. The third-order valence-corrected chi connectivity index (χ3v) is 3.37. The van der Waals surface area contributed by atoms with Crippen LogP contribution in [-0.2, 0) is 11.8 Å². The highest BCUT2D eigenvalue weighted by molar-refractivity contribution is 9.09. The number of nitrogens with zero attached hydrogens (tertiary/aromatic N) is 5. The van der Waals surface area contributed by atoms with Crippen molar-refractivity contribution in [2.45, 2.75) is 31.8 Å². The molecule has 1 amide bonds. The molecule has 0 N–H and O–H groups in total. The van der Waals surface area contributed by atoms with Crippen LogP contribution >= 0.6 is 15.9 Å². The SMILES string of the molecule is C[C@@H]1CC[C@H](c2nnn(C)n2)N1C(=O)CBr. The molecule has 6 nitrogen and oxygen atoms in total. The van der Waals surface area contributed by atoms with Gasteiger partial charge in [-0.25, -0.2) is 0 Å². The zero-order valence-electron chi connectivity index (χ0n) is 9.30. The van der Waals surface area contributed by atoms with Gasteiger partial charge in [0.2, 0.25) is 5.91 Å². The number of alkyl halides is 1. The molecule has 0 radical (unpaired) electrons. The summed E-state index contributed by atoms with van der Waals surface area (Å²) in [4.78, 5) is 15.1. The van der Waals surface area contributed by atoms with Gasteiger partial charge in [0, 0.05) is 6.04 Å². The summed E-state index contributed by atoms with van der Waals surface area (Å²) in [6, 6.07) is 0.229. The van der Waals surface area contributed by atoms with Crippen LogP contribution < -0.4 is 0 Å². The van der Waals surface area contributed by atoms with Crippen LogP contribution in [0.4, 0.5) is 0 Å². The van der Waals surface area contributed by atoms with Gasteiger partial charge >= 0.3 is 0 Å². The van der Waals surface area contributed by atoms with Gasteiger partial charge in [0.15, 0.2) is 5.82 Å². The van der Waals surface area contributed by atoms with Crippen molar-refractivity contribution in [2.24, 2.45) is 7.05 Å². The third-order valence-electron chi connectivity index (χ3n) is 2.89.